The van der Waals surface area contributed by atoms with Gasteiger partial charge < -0.3 is 15.4 Å². The molecule has 152 valence electrons. The van der Waals surface area contributed by atoms with Gasteiger partial charge in [-0.1, -0.05) is 17.7 Å². The van der Waals surface area contributed by atoms with Crippen LogP contribution >= 0.6 is 11.6 Å². The smallest absolute Gasteiger partial charge is 0.409 e. The van der Waals surface area contributed by atoms with Gasteiger partial charge in [0.2, 0.25) is 5.91 Å². The fraction of sp³-hybridized carbons (Fsp3) is 0.300. The van der Waals surface area contributed by atoms with Gasteiger partial charge in [-0.15, -0.1) is 0 Å². The zero-order valence-corrected chi connectivity index (χ0v) is 16.6. The Hall–Kier alpha value is -2.97. The number of rotatable bonds is 5. The minimum Gasteiger partial charge on any atom is -0.409 e. The van der Waals surface area contributed by atoms with E-state index in [4.69, 9.17) is 22.1 Å². The van der Waals surface area contributed by atoms with Crippen LogP contribution in [0.3, 0.4) is 0 Å². The molecule has 9 heteroatoms. The van der Waals surface area contributed by atoms with E-state index >= 15 is 0 Å². The second kappa shape index (κ2) is 9.02. The van der Waals surface area contributed by atoms with Gasteiger partial charge in [-0.25, -0.2) is 4.79 Å². The molecule has 1 aromatic heterocycles. The van der Waals surface area contributed by atoms with Gasteiger partial charge in [-0.2, -0.15) is 0 Å². The van der Waals surface area contributed by atoms with E-state index in [1.807, 2.05) is 13.0 Å². The summed E-state index contributed by atoms with van der Waals surface area (Å²) in [6, 6.07) is 6.69. The van der Waals surface area contributed by atoms with Gasteiger partial charge in [0, 0.05) is 44.0 Å². The van der Waals surface area contributed by atoms with Gasteiger partial charge in [0.25, 0.3) is 0 Å². The van der Waals surface area contributed by atoms with Crippen molar-refractivity contribution in [1.29, 1.82) is 0 Å². The normalized spacial score (nSPS) is 17.0. The zero-order valence-electron chi connectivity index (χ0n) is 15.9. The van der Waals surface area contributed by atoms with Gasteiger partial charge in [0.15, 0.2) is 12.0 Å². The number of halogens is 1. The summed E-state index contributed by atoms with van der Waals surface area (Å²) < 4.78 is 5.36. The molecule has 1 aliphatic rings. The highest BCUT2D eigenvalue weighted by atomic mass is 35.5. The van der Waals surface area contributed by atoms with Gasteiger partial charge in [-0.3, -0.25) is 19.5 Å². The third kappa shape index (κ3) is 5.10. The van der Waals surface area contributed by atoms with E-state index in [2.05, 4.69) is 9.88 Å². The first-order valence-electron chi connectivity index (χ1n) is 9.06. The van der Waals surface area contributed by atoms with Crippen LogP contribution in [0.2, 0.25) is 5.02 Å². The number of nitrogens with two attached hydrogens (primary N) is 1. The molecule has 29 heavy (non-hydrogen) atoms. The van der Waals surface area contributed by atoms with Gasteiger partial charge in [0.1, 0.15) is 0 Å². The second-order valence-corrected chi connectivity index (χ2v) is 7.30. The van der Waals surface area contributed by atoms with Crippen molar-refractivity contribution in [3.8, 4) is 5.75 Å². The lowest BCUT2D eigenvalue weighted by atomic mass is 10.1. The molecule has 0 aliphatic carbocycles. The Morgan fingerprint density at radius 1 is 1.31 bits per heavy atom. The minimum atomic E-state index is -0.641. The van der Waals surface area contributed by atoms with E-state index in [1.165, 1.54) is 18.5 Å². The Labute approximate surface area is 173 Å². The molecule has 1 atom stereocenters. The predicted octanol–water partition coefficient (Wildman–Crippen LogP) is 2.35. The predicted molar refractivity (Wildman–Crippen MR) is 107 cm³/mol. The first-order chi connectivity index (χ1) is 13.9. The SMILES string of the molecule is CC1CN(Cc2ccc(Cl)c(C=O)c2)CCN1C(=O)Oc1cncc(C(N)=O)c1. The van der Waals surface area contributed by atoms with Crippen molar-refractivity contribution in [2.45, 2.75) is 19.5 Å². The van der Waals surface area contributed by atoms with Gasteiger partial charge in [0.05, 0.1) is 16.8 Å². The number of carbonyl (C=O) groups excluding carboxylic acids is 3. The van der Waals surface area contributed by atoms with Gasteiger partial charge >= 0.3 is 6.09 Å². The van der Waals surface area contributed by atoms with Crippen LogP contribution in [0.25, 0.3) is 0 Å². The van der Waals surface area contributed by atoms with Crippen LogP contribution in [0.4, 0.5) is 4.79 Å². The number of nitrogens with zero attached hydrogens (tertiary/aromatic N) is 3. The second-order valence-electron chi connectivity index (χ2n) is 6.89. The number of piperazine rings is 1. The third-order valence-corrected chi connectivity index (χ3v) is 5.09. The fourth-order valence-corrected chi connectivity index (χ4v) is 3.42. The monoisotopic (exact) mass is 416 g/mol. The summed E-state index contributed by atoms with van der Waals surface area (Å²) in [6.07, 6.45) is 2.91. The number of pyridine rings is 1. The first-order valence-corrected chi connectivity index (χ1v) is 9.44. The third-order valence-electron chi connectivity index (χ3n) is 4.74. The van der Waals surface area contributed by atoms with E-state index in [0.29, 0.717) is 36.8 Å². The Morgan fingerprint density at radius 3 is 2.79 bits per heavy atom. The fourth-order valence-electron chi connectivity index (χ4n) is 3.26. The molecule has 0 spiro atoms. The molecule has 1 unspecified atom stereocenters. The molecule has 1 aliphatic heterocycles. The number of amides is 2. The lowest BCUT2D eigenvalue weighted by molar-refractivity contribution is 0.0750. The van der Waals surface area contributed by atoms with Gasteiger partial charge in [-0.05, 0) is 30.7 Å². The van der Waals surface area contributed by atoms with Crippen LogP contribution in [-0.2, 0) is 6.54 Å². The van der Waals surface area contributed by atoms with Crippen molar-refractivity contribution in [2.24, 2.45) is 5.73 Å². The molecule has 1 saturated heterocycles. The summed E-state index contributed by atoms with van der Waals surface area (Å²) in [7, 11) is 0. The van der Waals surface area contributed by atoms with Crippen molar-refractivity contribution < 1.29 is 19.1 Å². The first kappa shape index (κ1) is 20.8. The molecule has 1 aromatic carbocycles. The van der Waals surface area contributed by atoms with E-state index in [9.17, 15) is 14.4 Å². The molecule has 0 bridgehead atoms. The lowest BCUT2D eigenvalue weighted by Gasteiger charge is -2.39. The highest BCUT2D eigenvalue weighted by Crippen LogP contribution is 2.20. The number of aldehydes is 1. The Bertz CT molecular complexity index is 936. The number of primary amides is 1. The van der Waals surface area contributed by atoms with Crippen LogP contribution in [0, 0.1) is 0 Å². The maximum absolute atomic E-state index is 12.5. The summed E-state index contributed by atoms with van der Waals surface area (Å²) in [5, 5.41) is 0.430. The van der Waals surface area contributed by atoms with Crippen molar-refractivity contribution in [1.82, 2.24) is 14.8 Å². The van der Waals surface area contributed by atoms with Crippen LogP contribution in [0.1, 0.15) is 33.2 Å². The Morgan fingerprint density at radius 2 is 2.10 bits per heavy atom. The molecule has 3 rings (SSSR count). The molecule has 2 N–H and O–H groups in total. The quantitative estimate of drug-likeness (QED) is 0.750. The summed E-state index contributed by atoms with van der Waals surface area (Å²) in [5.74, 6) is -0.471. The van der Waals surface area contributed by atoms with Crippen molar-refractivity contribution in [3.63, 3.8) is 0 Å². The van der Waals surface area contributed by atoms with Crippen LogP contribution < -0.4 is 10.5 Å². The molecule has 0 saturated carbocycles. The van der Waals surface area contributed by atoms with E-state index in [0.717, 1.165) is 11.8 Å². The lowest BCUT2D eigenvalue weighted by Crippen LogP contribution is -2.54. The maximum atomic E-state index is 12.5. The Balaban J connectivity index is 1.59. The largest absolute Gasteiger partial charge is 0.415 e. The molecule has 2 heterocycles. The highest BCUT2D eigenvalue weighted by molar-refractivity contribution is 6.32. The number of hydrogen-bond acceptors (Lipinski definition) is 6. The molecule has 8 nitrogen and oxygen atoms in total. The summed E-state index contributed by atoms with van der Waals surface area (Å²) in [5.41, 5.74) is 6.84. The molecule has 2 amide bonds. The summed E-state index contributed by atoms with van der Waals surface area (Å²) >= 11 is 5.98. The minimum absolute atomic E-state index is 0.0821. The number of benzene rings is 1. The number of carbonyl (C=O) groups is 3. The number of aromatic nitrogens is 1. The molecule has 1 fully saturated rings. The van der Waals surface area contributed by atoms with Crippen LogP contribution in [-0.4, -0.2) is 58.7 Å². The molecular weight excluding hydrogens is 396 g/mol. The average Bonchev–Trinajstić information content (AvgIpc) is 2.69. The van der Waals surface area contributed by atoms with E-state index in [1.54, 1.807) is 17.0 Å². The van der Waals surface area contributed by atoms with E-state index < -0.39 is 12.0 Å². The number of hydrogen-bond donors (Lipinski definition) is 1. The van der Waals surface area contributed by atoms with Crippen molar-refractivity contribution >= 4 is 29.9 Å². The topological polar surface area (TPSA) is 106 Å². The number of ether oxygens (including phenoxy) is 1. The van der Waals surface area contributed by atoms with Crippen LogP contribution in [0.15, 0.2) is 36.7 Å². The average molecular weight is 417 g/mol. The molecular formula is C20H21ClN4O4. The highest BCUT2D eigenvalue weighted by Gasteiger charge is 2.29. The standard InChI is InChI=1S/C20H21ClN4O4/c1-13-10-24(11-14-2-3-18(21)16(6-14)12-26)4-5-25(13)20(28)29-17-7-15(19(22)27)8-23-9-17/h2-3,6-9,12-13H,4-5,10-11H2,1H3,(H2,22,27). The van der Waals surface area contributed by atoms with Crippen LogP contribution in [0.5, 0.6) is 5.75 Å². The molecule has 0 radical (unpaired) electrons. The molecule has 2 aromatic rings. The Kier molecular flexibility index (Phi) is 6.46. The summed E-state index contributed by atoms with van der Waals surface area (Å²) in [4.78, 5) is 42.5. The zero-order chi connectivity index (χ0) is 21.0. The summed E-state index contributed by atoms with van der Waals surface area (Å²) in [6.45, 7) is 4.36. The van der Waals surface area contributed by atoms with Crippen molar-refractivity contribution in [3.05, 3.63) is 58.4 Å². The maximum Gasteiger partial charge on any atom is 0.415 e. The van der Waals surface area contributed by atoms with E-state index in [-0.39, 0.29) is 17.4 Å². The van der Waals surface area contributed by atoms with Crippen molar-refractivity contribution in [2.75, 3.05) is 19.6 Å².